The summed E-state index contributed by atoms with van der Waals surface area (Å²) in [5, 5.41) is 0. The number of imidazole rings is 1. The molecule has 6 heteroatoms. The first-order valence-electron chi connectivity index (χ1n) is 9.91. The van der Waals surface area contributed by atoms with Gasteiger partial charge in [-0.1, -0.05) is 18.2 Å². The van der Waals surface area contributed by atoms with Crippen molar-refractivity contribution in [2.45, 2.75) is 38.2 Å². The largest absolute Gasteiger partial charge is 0.375 e. The van der Waals surface area contributed by atoms with E-state index in [2.05, 4.69) is 28.2 Å². The second kappa shape index (κ2) is 6.71. The standard InChI is InChI=1S/C22H24N4O2/c1-14(28-2)19-12-25(13-24-19)21-10-20-18-5-3-4-16(15-6-7-15)17(18)8-9-26(20)22(27)11-23-21/h3-5,10,12-15H,6-9,11H2,1-2H3. The molecule has 1 aromatic carbocycles. The highest BCUT2D eigenvalue weighted by atomic mass is 16.5. The van der Waals surface area contributed by atoms with E-state index in [0.717, 1.165) is 30.2 Å². The highest BCUT2D eigenvalue weighted by Gasteiger charge is 2.33. The highest BCUT2D eigenvalue weighted by molar-refractivity contribution is 6.06. The van der Waals surface area contributed by atoms with E-state index in [1.165, 1.54) is 29.5 Å². The van der Waals surface area contributed by atoms with Crippen LogP contribution in [-0.2, 0) is 16.0 Å². The van der Waals surface area contributed by atoms with Crippen LogP contribution in [0.15, 0.2) is 41.8 Å². The summed E-state index contributed by atoms with van der Waals surface area (Å²) >= 11 is 0. The molecule has 0 radical (unpaired) electrons. The minimum atomic E-state index is -0.0880. The van der Waals surface area contributed by atoms with Crippen molar-refractivity contribution in [1.29, 1.82) is 0 Å². The van der Waals surface area contributed by atoms with Crippen molar-refractivity contribution >= 4 is 17.4 Å². The molecule has 1 atom stereocenters. The molecule has 144 valence electrons. The summed E-state index contributed by atoms with van der Waals surface area (Å²) in [6.45, 7) is 2.84. The summed E-state index contributed by atoms with van der Waals surface area (Å²) in [6.07, 6.45) is 9.08. The van der Waals surface area contributed by atoms with Gasteiger partial charge in [0.15, 0.2) is 0 Å². The maximum absolute atomic E-state index is 12.8. The number of benzene rings is 1. The molecule has 0 N–H and O–H groups in total. The summed E-state index contributed by atoms with van der Waals surface area (Å²) in [6, 6.07) is 6.52. The number of methoxy groups -OCH3 is 1. The third-order valence-corrected chi connectivity index (χ3v) is 5.96. The van der Waals surface area contributed by atoms with Gasteiger partial charge in [-0.3, -0.25) is 14.4 Å². The minimum Gasteiger partial charge on any atom is -0.375 e. The quantitative estimate of drug-likeness (QED) is 0.827. The highest BCUT2D eigenvalue weighted by Crippen LogP contribution is 2.44. The van der Waals surface area contributed by atoms with E-state index in [1.807, 2.05) is 28.7 Å². The molecule has 0 saturated heterocycles. The molecule has 1 aromatic heterocycles. The van der Waals surface area contributed by atoms with Crippen LogP contribution in [-0.4, -0.2) is 46.4 Å². The molecule has 1 aliphatic carbocycles. The Bertz CT molecular complexity index is 1000. The number of hydrogen-bond acceptors (Lipinski definition) is 4. The number of ether oxygens (including phenoxy) is 1. The molecule has 0 spiro atoms. The maximum Gasteiger partial charge on any atom is 0.248 e. The van der Waals surface area contributed by atoms with E-state index in [-0.39, 0.29) is 18.6 Å². The first kappa shape index (κ1) is 17.4. The fourth-order valence-electron chi connectivity index (χ4n) is 4.16. The number of nitrogens with zero attached hydrogens (tertiary/aromatic N) is 4. The van der Waals surface area contributed by atoms with E-state index in [9.17, 15) is 4.79 Å². The SMILES string of the molecule is COC(C)c1cn(C2=NCC(=O)N3CCc4c(cccc4C4CC4)C3=C2)cn1. The number of fused-ring (bicyclic) bond motifs is 3. The molecule has 1 unspecified atom stereocenters. The fraction of sp³-hybridized carbons (Fsp3) is 0.409. The summed E-state index contributed by atoms with van der Waals surface area (Å²) in [5.41, 5.74) is 5.84. The number of rotatable bonds is 3. The lowest BCUT2D eigenvalue weighted by atomic mass is 9.90. The first-order valence-corrected chi connectivity index (χ1v) is 9.91. The van der Waals surface area contributed by atoms with E-state index in [0.29, 0.717) is 5.92 Å². The lowest BCUT2D eigenvalue weighted by Gasteiger charge is -2.32. The molecule has 2 aliphatic heterocycles. The van der Waals surface area contributed by atoms with Gasteiger partial charge in [0.2, 0.25) is 5.91 Å². The Morgan fingerprint density at radius 1 is 1.29 bits per heavy atom. The smallest absolute Gasteiger partial charge is 0.248 e. The van der Waals surface area contributed by atoms with Crippen molar-refractivity contribution in [3.8, 4) is 0 Å². The van der Waals surface area contributed by atoms with Gasteiger partial charge >= 0.3 is 0 Å². The molecule has 1 fully saturated rings. The van der Waals surface area contributed by atoms with Crippen LogP contribution < -0.4 is 0 Å². The second-order valence-corrected chi connectivity index (χ2v) is 7.73. The molecular weight excluding hydrogens is 352 g/mol. The normalized spacial score (nSPS) is 20.1. The molecule has 5 rings (SSSR count). The van der Waals surface area contributed by atoms with E-state index in [1.54, 1.807) is 13.4 Å². The monoisotopic (exact) mass is 376 g/mol. The molecule has 1 saturated carbocycles. The molecule has 1 amide bonds. The Balaban J connectivity index is 1.58. The van der Waals surface area contributed by atoms with Gasteiger partial charge in [-0.2, -0.15) is 0 Å². The fourth-order valence-corrected chi connectivity index (χ4v) is 4.16. The van der Waals surface area contributed by atoms with Crippen LogP contribution in [0.3, 0.4) is 0 Å². The zero-order valence-electron chi connectivity index (χ0n) is 16.3. The van der Waals surface area contributed by atoms with E-state index < -0.39 is 0 Å². The molecule has 6 nitrogen and oxygen atoms in total. The maximum atomic E-state index is 12.8. The van der Waals surface area contributed by atoms with Crippen LogP contribution in [0.25, 0.3) is 5.70 Å². The summed E-state index contributed by atoms with van der Waals surface area (Å²) < 4.78 is 7.24. The van der Waals surface area contributed by atoms with Crippen molar-refractivity contribution in [2.75, 3.05) is 20.2 Å². The third-order valence-electron chi connectivity index (χ3n) is 5.96. The van der Waals surface area contributed by atoms with Gasteiger partial charge in [-0.15, -0.1) is 0 Å². The second-order valence-electron chi connectivity index (χ2n) is 7.73. The van der Waals surface area contributed by atoms with Gasteiger partial charge in [0.1, 0.15) is 18.7 Å². The number of allylic oxidation sites excluding steroid dienone is 1. The van der Waals surface area contributed by atoms with Gasteiger partial charge in [0, 0.05) is 31.5 Å². The van der Waals surface area contributed by atoms with Crippen molar-refractivity contribution < 1.29 is 9.53 Å². The van der Waals surface area contributed by atoms with E-state index in [4.69, 9.17) is 4.74 Å². The van der Waals surface area contributed by atoms with Crippen LogP contribution in [0.1, 0.15) is 54.2 Å². The van der Waals surface area contributed by atoms with Crippen LogP contribution in [0.5, 0.6) is 0 Å². The number of amides is 1. The molecule has 3 heterocycles. The Labute approximate surface area is 164 Å². The molecule has 3 aliphatic rings. The number of aliphatic imine (C=N–C) groups is 1. The lowest BCUT2D eigenvalue weighted by Crippen LogP contribution is -2.36. The Morgan fingerprint density at radius 2 is 2.14 bits per heavy atom. The zero-order valence-corrected chi connectivity index (χ0v) is 16.3. The Morgan fingerprint density at radius 3 is 2.93 bits per heavy atom. The average Bonchev–Trinajstić information content (AvgIpc) is 3.48. The predicted octanol–water partition coefficient (Wildman–Crippen LogP) is 3.15. The number of carbonyl (C=O) groups is 1. The molecule has 28 heavy (non-hydrogen) atoms. The topological polar surface area (TPSA) is 59.7 Å². The number of carbonyl (C=O) groups excluding carboxylic acids is 1. The average molecular weight is 376 g/mol. The van der Waals surface area contributed by atoms with E-state index >= 15 is 0 Å². The van der Waals surface area contributed by atoms with Crippen molar-refractivity contribution in [1.82, 2.24) is 14.5 Å². The zero-order chi connectivity index (χ0) is 19.3. The van der Waals surface area contributed by atoms with Gasteiger partial charge in [0.05, 0.1) is 17.5 Å². The number of aromatic nitrogens is 2. The van der Waals surface area contributed by atoms with Crippen molar-refractivity contribution in [3.63, 3.8) is 0 Å². The van der Waals surface area contributed by atoms with Gasteiger partial charge in [-0.05, 0) is 43.2 Å². The van der Waals surface area contributed by atoms with Crippen molar-refractivity contribution in [2.24, 2.45) is 4.99 Å². The summed E-state index contributed by atoms with van der Waals surface area (Å²) in [5.74, 6) is 1.48. The Hall–Kier alpha value is -2.73. The summed E-state index contributed by atoms with van der Waals surface area (Å²) in [4.78, 5) is 23.7. The third kappa shape index (κ3) is 2.88. The minimum absolute atomic E-state index is 0.0503. The van der Waals surface area contributed by atoms with Crippen LogP contribution in [0, 0.1) is 0 Å². The van der Waals surface area contributed by atoms with Crippen molar-refractivity contribution in [3.05, 3.63) is 59.2 Å². The van der Waals surface area contributed by atoms with Crippen LogP contribution in [0.4, 0.5) is 0 Å². The lowest BCUT2D eigenvalue weighted by molar-refractivity contribution is -0.126. The van der Waals surface area contributed by atoms with Gasteiger partial charge < -0.3 is 9.64 Å². The van der Waals surface area contributed by atoms with Gasteiger partial charge in [-0.25, -0.2) is 4.98 Å². The van der Waals surface area contributed by atoms with Crippen LogP contribution >= 0.6 is 0 Å². The molecular formula is C22H24N4O2. The first-order chi connectivity index (χ1) is 13.7. The predicted molar refractivity (Wildman–Crippen MR) is 107 cm³/mol. The molecule has 2 aromatic rings. The summed E-state index contributed by atoms with van der Waals surface area (Å²) in [7, 11) is 1.67. The number of hydrogen-bond donors (Lipinski definition) is 0. The van der Waals surface area contributed by atoms with Crippen LogP contribution in [0.2, 0.25) is 0 Å². The van der Waals surface area contributed by atoms with Gasteiger partial charge in [0.25, 0.3) is 0 Å². The Kier molecular flexibility index (Phi) is 4.16. The molecule has 0 bridgehead atoms.